The fourth-order valence-corrected chi connectivity index (χ4v) is 2.47. The van der Waals surface area contributed by atoms with E-state index in [2.05, 4.69) is 21.2 Å². The minimum atomic E-state index is -4.14. The number of hydrogen-bond acceptors (Lipinski definition) is 1. The van der Waals surface area contributed by atoms with Crippen molar-refractivity contribution in [3.05, 3.63) is 34.1 Å². The van der Waals surface area contributed by atoms with Crippen LogP contribution in [-0.4, -0.2) is 12.7 Å². The van der Waals surface area contributed by atoms with Crippen molar-refractivity contribution in [2.24, 2.45) is 0 Å². The van der Waals surface area contributed by atoms with Crippen LogP contribution in [0, 0.1) is 5.82 Å². The third-order valence-corrected chi connectivity index (χ3v) is 3.34. The van der Waals surface area contributed by atoms with Crippen molar-refractivity contribution in [2.45, 2.75) is 44.8 Å². The normalized spacial score (nSPS) is 13.5. The second kappa shape index (κ2) is 7.98. The van der Waals surface area contributed by atoms with Gasteiger partial charge in [-0.3, -0.25) is 0 Å². The maximum Gasteiger partial charge on any atom is 0.389 e. The Kier molecular flexibility index (Phi) is 6.95. The van der Waals surface area contributed by atoms with E-state index in [1.54, 1.807) is 6.07 Å². The fraction of sp³-hybridized carbons (Fsp3) is 0.571. The van der Waals surface area contributed by atoms with E-state index in [4.69, 9.17) is 0 Å². The smallest absolute Gasteiger partial charge is 0.310 e. The molecule has 0 aliphatic carbocycles. The Morgan fingerprint density at radius 1 is 1.25 bits per heavy atom. The van der Waals surface area contributed by atoms with Crippen molar-refractivity contribution in [2.75, 3.05) is 6.54 Å². The molecule has 0 saturated carbocycles. The van der Waals surface area contributed by atoms with Crippen LogP contribution in [0.3, 0.4) is 0 Å². The summed E-state index contributed by atoms with van der Waals surface area (Å²) < 4.78 is 50.6. The number of rotatable bonds is 7. The van der Waals surface area contributed by atoms with Gasteiger partial charge in [0, 0.05) is 16.9 Å². The van der Waals surface area contributed by atoms with Gasteiger partial charge in [-0.05, 0) is 49.6 Å². The average molecular weight is 356 g/mol. The molecule has 0 aliphatic rings. The lowest BCUT2D eigenvalue weighted by Crippen LogP contribution is -2.23. The molecule has 0 saturated heterocycles. The summed E-state index contributed by atoms with van der Waals surface area (Å²) in [5.74, 6) is -0.395. The summed E-state index contributed by atoms with van der Waals surface area (Å²) in [6, 6.07) is 4.18. The highest BCUT2D eigenvalue weighted by molar-refractivity contribution is 9.10. The lowest BCUT2D eigenvalue weighted by molar-refractivity contribution is -0.135. The van der Waals surface area contributed by atoms with Crippen molar-refractivity contribution in [3.63, 3.8) is 0 Å². The summed E-state index contributed by atoms with van der Waals surface area (Å²) in [4.78, 5) is 0. The van der Waals surface area contributed by atoms with Crippen LogP contribution in [0.4, 0.5) is 17.6 Å². The minimum Gasteiger partial charge on any atom is -0.310 e. The molecule has 1 aromatic rings. The Labute approximate surface area is 124 Å². The molecule has 6 heteroatoms. The Morgan fingerprint density at radius 2 is 1.95 bits per heavy atom. The molecule has 1 atom stereocenters. The summed E-state index contributed by atoms with van der Waals surface area (Å²) in [5, 5.41) is 3.17. The van der Waals surface area contributed by atoms with Crippen LogP contribution in [0.1, 0.15) is 44.2 Å². The van der Waals surface area contributed by atoms with E-state index in [1.807, 2.05) is 6.92 Å². The van der Waals surface area contributed by atoms with E-state index >= 15 is 0 Å². The number of alkyl halides is 3. The average Bonchev–Trinajstić information content (AvgIpc) is 2.30. The zero-order valence-electron chi connectivity index (χ0n) is 11.2. The third-order valence-electron chi connectivity index (χ3n) is 2.88. The molecule has 1 aromatic carbocycles. The van der Waals surface area contributed by atoms with Crippen molar-refractivity contribution in [1.29, 1.82) is 0 Å². The van der Waals surface area contributed by atoms with Crippen LogP contribution in [0.2, 0.25) is 0 Å². The van der Waals surface area contributed by atoms with Crippen LogP contribution < -0.4 is 5.32 Å². The van der Waals surface area contributed by atoms with Crippen molar-refractivity contribution < 1.29 is 17.6 Å². The molecule has 0 heterocycles. The number of benzene rings is 1. The number of nitrogens with one attached hydrogen (secondary N) is 1. The molecule has 20 heavy (non-hydrogen) atoms. The number of hydrogen-bond donors (Lipinski definition) is 1. The number of halogens is 5. The van der Waals surface area contributed by atoms with Crippen LogP contribution >= 0.6 is 15.9 Å². The first kappa shape index (κ1) is 17.4. The zero-order chi connectivity index (χ0) is 15.2. The van der Waals surface area contributed by atoms with Gasteiger partial charge in [0.2, 0.25) is 0 Å². The van der Waals surface area contributed by atoms with E-state index in [0.717, 1.165) is 6.42 Å². The van der Waals surface area contributed by atoms with Gasteiger partial charge in [-0.25, -0.2) is 4.39 Å². The molecular formula is C14H18BrF4N. The minimum absolute atomic E-state index is 0.0268. The van der Waals surface area contributed by atoms with E-state index in [-0.39, 0.29) is 12.5 Å². The first-order valence-corrected chi connectivity index (χ1v) is 7.37. The molecule has 0 bridgehead atoms. The second-order valence-corrected chi connectivity index (χ2v) is 5.63. The summed E-state index contributed by atoms with van der Waals surface area (Å²) in [5.41, 5.74) is 0.674. The molecule has 0 fully saturated rings. The largest absolute Gasteiger partial charge is 0.389 e. The Hall–Kier alpha value is -0.620. The van der Waals surface area contributed by atoms with Crippen molar-refractivity contribution in [1.82, 2.24) is 5.32 Å². The Morgan fingerprint density at radius 3 is 2.50 bits per heavy atom. The van der Waals surface area contributed by atoms with E-state index < -0.39 is 18.4 Å². The van der Waals surface area contributed by atoms with Gasteiger partial charge in [0.05, 0.1) is 0 Å². The van der Waals surface area contributed by atoms with Gasteiger partial charge in [-0.15, -0.1) is 0 Å². The monoisotopic (exact) mass is 355 g/mol. The van der Waals surface area contributed by atoms with Gasteiger partial charge < -0.3 is 5.32 Å². The van der Waals surface area contributed by atoms with Crippen molar-refractivity contribution >= 4 is 15.9 Å². The maximum absolute atomic E-state index is 13.4. The molecular weight excluding hydrogens is 338 g/mol. The topological polar surface area (TPSA) is 12.0 Å². The Bertz CT molecular complexity index is 400. The summed E-state index contributed by atoms with van der Waals surface area (Å²) >= 11 is 3.20. The highest BCUT2D eigenvalue weighted by atomic mass is 79.9. The highest BCUT2D eigenvalue weighted by Crippen LogP contribution is 2.28. The van der Waals surface area contributed by atoms with Gasteiger partial charge in [-0.1, -0.05) is 22.9 Å². The zero-order valence-corrected chi connectivity index (χ0v) is 12.8. The van der Waals surface area contributed by atoms with E-state index in [9.17, 15) is 17.6 Å². The van der Waals surface area contributed by atoms with Crippen molar-refractivity contribution in [3.8, 4) is 0 Å². The second-order valence-electron chi connectivity index (χ2n) is 4.72. The Balaban J connectivity index is 2.72. The van der Waals surface area contributed by atoms with E-state index in [0.29, 0.717) is 23.0 Å². The third kappa shape index (κ3) is 6.70. The maximum atomic E-state index is 13.4. The lowest BCUT2D eigenvalue weighted by atomic mass is 10.0. The van der Waals surface area contributed by atoms with Crippen LogP contribution in [0.5, 0.6) is 0 Å². The quantitative estimate of drug-likeness (QED) is 0.649. The molecule has 114 valence electrons. The van der Waals surface area contributed by atoms with Crippen LogP contribution in [0.15, 0.2) is 22.7 Å². The molecule has 0 radical (unpaired) electrons. The summed E-state index contributed by atoms with van der Waals surface area (Å²) in [6.45, 7) is 2.66. The molecule has 0 spiro atoms. The standard InChI is InChI=1S/C14H18BrF4N/c1-2-6-20-13(4-3-5-14(17,18)19)10-7-11(15)9-12(16)8-10/h7-9,13,20H,2-6H2,1H3. The molecule has 1 unspecified atom stereocenters. The van der Waals surface area contributed by atoms with Gasteiger partial charge in [0.15, 0.2) is 0 Å². The summed E-state index contributed by atoms with van der Waals surface area (Å²) in [6.07, 6.45) is -3.73. The molecule has 1 nitrogen and oxygen atoms in total. The predicted molar refractivity (Wildman–Crippen MR) is 75.0 cm³/mol. The van der Waals surface area contributed by atoms with E-state index in [1.165, 1.54) is 12.1 Å². The SMILES string of the molecule is CCCNC(CCCC(F)(F)F)c1cc(F)cc(Br)c1. The van der Waals surface area contributed by atoms with Gasteiger partial charge in [-0.2, -0.15) is 13.2 Å². The van der Waals surface area contributed by atoms with Gasteiger partial charge in [0.1, 0.15) is 5.82 Å². The molecule has 1 N–H and O–H groups in total. The first-order valence-electron chi connectivity index (χ1n) is 6.58. The highest BCUT2D eigenvalue weighted by Gasteiger charge is 2.27. The molecule has 0 aromatic heterocycles. The van der Waals surface area contributed by atoms with Crippen LogP contribution in [-0.2, 0) is 0 Å². The molecule has 0 aliphatic heterocycles. The predicted octanol–water partition coefficient (Wildman–Crippen LogP) is 5.36. The lowest BCUT2D eigenvalue weighted by Gasteiger charge is -2.20. The summed E-state index contributed by atoms with van der Waals surface area (Å²) in [7, 11) is 0. The molecule has 1 rings (SSSR count). The van der Waals surface area contributed by atoms with Crippen LogP contribution in [0.25, 0.3) is 0 Å². The first-order chi connectivity index (χ1) is 9.31. The molecule has 0 amide bonds. The fourth-order valence-electron chi connectivity index (χ4n) is 1.99. The van der Waals surface area contributed by atoms with Gasteiger partial charge in [0.25, 0.3) is 0 Å². The van der Waals surface area contributed by atoms with Gasteiger partial charge >= 0.3 is 6.18 Å².